The summed E-state index contributed by atoms with van der Waals surface area (Å²) in [6, 6.07) is 3.29. The standard InChI is InChI=1S/C34H47BClN3O9S/c1-19-9-8-10-24(44-6)22-16-25(46-33(43)37-22)20(2)32-34(3,48-32)27(47-30(42)18-38(4)28(40)11-12-49-35)17-29(41)39(5)23-14-21(13-19)15-26(45-7)31(23)36/h8-10,14-15,20,22,24-25,27,32H,11-13,16-18,35H2,1-7H3,(H,37,43)/b10-8+,19-9+/t20-,22?,24-,25+,27+,32+,34+/m1/s1. The second-order valence-corrected chi connectivity index (χ2v) is 14.4. The molecule has 1 aromatic carbocycles. The first-order valence-corrected chi connectivity index (χ1v) is 18.1. The summed E-state index contributed by atoms with van der Waals surface area (Å²) in [6.45, 7) is 5.38. The molecule has 4 rings (SSSR count). The third-order valence-electron chi connectivity index (χ3n) is 9.45. The Bertz CT molecular complexity index is 1480. The monoisotopic (exact) mass is 719 g/mol. The van der Waals surface area contributed by atoms with Crippen LogP contribution in [-0.4, -0.2) is 113 Å². The Hall–Kier alpha value is -3.20. The molecule has 1 N–H and O–H groups in total. The van der Waals surface area contributed by atoms with Crippen molar-refractivity contribution in [1.82, 2.24) is 10.2 Å². The van der Waals surface area contributed by atoms with E-state index in [0.717, 1.165) is 11.1 Å². The molecule has 0 saturated carbocycles. The number of hydrogen-bond acceptors (Lipinski definition) is 10. The number of rotatable bonds is 8. The van der Waals surface area contributed by atoms with Crippen molar-refractivity contribution in [2.45, 2.75) is 82.5 Å². The second-order valence-electron chi connectivity index (χ2n) is 13.0. The Kier molecular flexibility index (Phi) is 13.1. The maximum absolute atomic E-state index is 14.0. The average Bonchev–Trinajstić information content (AvgIpc) is 3.76. The quantitative estimate of drug-likeness (QED) is 0.242. The van der Waals surface area contributed by atoms with E-state index in [1.165, 1.54) is 28.5 Å². The van der Waals surface area contributed by atoms with E-state index in [1.54, 1.807) is 28.1 Å². The number of alkyl carbamates (subject to hydrolysis) is 1. The summed E-state index contributed by atoms with van der Waals surface area (Å²) in [7, 11) is 8.15. The van der Waals surface area contributed by atoms with Gasteiger partial charge in [-0.1, -0.05) is 42.3 Å². The highest BCUT2D eigenvalue weighted by molar-refractivity contribution is 8.19. The smallest absolute Gasteiger partial charge is 0.407 e. The molecule has 268 valence electrons. The number of carbonyl (C=O) groups excluding carboxylic acids is 4. The van der Waals surface area contributed by atoms with Crippen molar-refractivity contribution in [3.05, 3.63) is 46.5 Å². The van der Waals surface area contributed by atoms with Gasteiger partial charge in [0.15, 0.2) is 7.12 Å². The van der Waals surface area contributed by atoms with Crippen LogP contribution >= 0.6 is 23.2 Å². The van der Waals surface area contributed by atoms with Crippen LogP contribution in [0, 0.1) is 5.92 Å². The number of fused-ring (bicyclic) bond motifs is 5. The van der Waals surface area contributed by atoms with Crippen LogP contribution in [0.15, 0.2) is 35.9 Å². The van der Waals surface area contributed by atoms with Crippen molar-refractivity contribution in [1.29, 1.82) is 0 Å². The Morgan fingerprint density at radius 2 is 2.00 bits per heavy atom. The zero-order valence-corrected chi connectivity index (χ0v) is 31.0. The molecule has 0 aromatic heterocycles. The predicted molar refractivity (Wildman–Crippen MR) is 191 cm³/mol. The molecule has 15 heteroatoms. The van der Waals surface area contributed by atoms with E-state index in [-0.39, 0.29) is 48.2 Å². The number of ether oxygens (including phenoxy) is 5. The summed E-state index contributed by atoms with van der Waals surface area (Å²) >= 11 is 8.27. The summed E-state index contributed by atoms with van der Waals surface area (Å²) in [5.74, 6) is -0.535. The van der Waals surface area contributed by atoms with Crippen LogP contribution in [0.3, 0.4) is 0 Å². The van der Waals surface area contributed by atoms with Gasteiger partial charge in [0.05, 0.1) is 37.5 Å². The molecule has 4 bridgehead atoms. The lowest BCUT2D eigenvalue weighted by molar-refractivity contribution is -0.157. The number of nitrogens with zero attached hydrogens (tertiary/aromatic N) is 2. The molecule has 12 nitrogen and oxygen atoms in total. The van der Waals surface area contributed by atoms with E-state index in [9.17, 15) is 19.2 Å². The molecule has 1 aromatic rings. The van der Waals surface area contributed by atoms with Crippen molar-refractivity contribution in [3.63, 3.8) is 0 Å². The lowest BCUT2D eigenvalue weighted by Gasteiger charge is -2.36. The molecule has 3 heterocycles. The number of benzene rings is 1. The van der Waals surface area contributed by atoms with Crippen LogP contribution in [0.25, 0.3) is 0 Å². The van der Waals surface area contributed by atoms with Gasteiger partial charge in [0, 0.05) is 40.0 Å². The predicted octanol–water partition coefficient (Wildman–Crippen LogP) is 3.48. The third kappa shape index (κ3) is 9.33. The summed E-state index contributed by atoms with van der Waals surface area (Å²) < 4.78 is 29.3. The molecule has 0 aliphatic carbocycles. The van der Waals surface area contributed by atoms with E-state index >= 15 is 0 Å². The Morgan fingerprint density at radius 3 is 2.67 bits per heavy atom. The fraction of sp³-hybridized carbons (Fsp3) is 0.588. The average molecular weight is 720 g/mol. The molecule has 1 unspecified atom stereocenters. The molecular weight excluding hydrogens is 673 g/mol. The van der Waals surface area contributed by atoms with E-state index in [1.807, 2.05) is 51.3 Å². The van der Waals surface area contributed by atoms with E-state index < -0.39 is 42.1 Å². The highest BCUT2D eigenvalue weighted by Crippen LogP contribution is 2.48. The molecule has 2 saturated heterocycles. The van der Waals surface area contributed by atoms with E-state index in [2.05, 4.69) is 5.32 Å². The van der Waals surface area contributed by atoms with Crippen molar-refractivity contribution in [2.75, 3.05) is 45.5 Å². The molecule has 2 fully saturated rings. The molecule has 3 amide bonds. The van der Waals surface area contributed by atoms with E-state index in [4.69, 9.17) is 35.3 Å². The topological polar surface area (TPSA) is 136 Å². The number of allylic oxidation sites excluding steroid dienone is 3. The minimum absolute atomic E-state index is 0.192. The zero-order chi connectivity index (χ0) is 36.0. The second kappa shape index (κ2) is 16.7. The van der Waals surface area contributed by atoms with Gasteiger partial charge in [-0.2, -0.15) is 0 Å². The van der Waals surface area contributed by atoms with Crippen LogP contribution < -0.4 is 15.0 Å². The summed E-state index contributed by atoms with van der Waals surface area (Å²) in [5.41, 5.74) is 1.23. The highest BCUT2D eigenvalue weighted by Gasteiger charge is 2.63. The molecule has 3 aliphatic heterocycles. The lowest BCUT2D eigenvalue weighted by atomic mass is 9.85. The number of anilines is 1. The summed E-state index contributed by atoms with van der Waals surface area (Å²) in [4.78, 5) is 55.3. The van der Waals surface area contributed by atoms with Gasteiger partial charge in [0.1, 0.15) is 35.1 Å². The molecule has 49 heavy (non-hydrogen) atoms. The fourth-order valence-electron chi connectivity index (χ4n) is 6.41. The number of carbonyl (C=O) groups is 4. The van der Waals surface area contributed by atoms with Crippen LogP contribution in [0.1, 0.15) is 45.6 Å². The number of hydrogen-bond donors (Lipinski definition) is 1. The number of epoxide rings is 1. The Labute approximate surface area is 298 Å². The molecule has 0 spiro atoms. The number of halogens is 1. The number of nitrogens with one attached hydrogen (secondary N) is 1. The first kappa shape index (κ1) is 38.6. The van der Waals surface area contributed by atoms with E-state index in [0.29, 0.717) is 30.0 Å². The van der Waals surface area contributed by atoms with Gasteiger partial charge in [-0.15, -0.1) is 0 Å². The van der Waals surface area contributed by atoms with Crippen LogP contribution in [0.2, 0.25) is 5.02 Å². The van der Waals surface area contributed by atoms with Gasteiger partial charge in [-0.25, -0.2) is 16.4 Å². The van der Waals surface area contributed by atoms with Crippen molar-refractivity contribution >= 4 is 59.9 Å². The zero-order valence-electron chi connectivity index (χ0n) is 29.4. The van der Waals surface area contributed by atoms with Gasteiger partial charge < -0.3 is 38.8 Å². The van der Waals surface area contributed by atoms with Gasteiger partial charge in [0.25, 0.3) is 0 Å². The van der Waals surface area contributed by atoms with Crippen LogP contribution in [0.5, 0.6) is 5.75 Å². The third-order valence-corrected chi connectivity index (χ3v) is 10.4. The first-order valence-electron chi connectivity index (χ1n) is 16.3. The maximum atomic E-state index is 14.0. The first-order chi connectivity index (χ1) is 23.2. The number of likely N-dealkylation sites (N-methyl/N-ethyl adjacent to an activating group) is 1. The molecule has 7 atom stereocenters. The van der Waals surface area contributed by atoms with Crippen molar-refractivity contribution in [2.24, 2.45) is 5.92 Å². The number of methoxy groups -OCH3 is 2. The largest absolute Gasteiger partial charge is 0.495 e. The van der Waals surface area contributed by atoms with Crippen molar-refractivity contribution in [3.8, 4) is 5.75 Å². The molecule has 0 radical (unpaired) electrons. The van der Waals surface area contributed by atoms with Crippen LogP contribution in [0.4, 0.5) is 10.5 Å². The summed E-state index contributed by atoms with van der Waals surface area (Å²) in [6.07, 6.45) is 3.69. The van der Waals surface area contributed by atoms with Gasteiger partial charge in [-0.3, -0.25) is 14.4 Å². The molecular formula is C34H47BClN3O9S. The minimum atomic E-state index is -1.09. The number of amides is 3. The van der Waals surface area contributed by atoms with Gasteiger partial charge >= 0.3 is 12.1 Å². The van der Waals surface area contributed by atoms with Gasteiger partial charge in [-0.05, 0) is 43.7 Å². The molecule has 3 aliphatic rings. The Balaban J connectivity index is 1.71. The van der Waals surface area contributed by atoms with Crippen molar-refractivity contribution < 1.29 is 42.9 Å². The lowest BCUT2D eigenvalue weighted by Crippen LogP contribution is -2.53. The number of esters is 1. The maximum Gasteiger partial charge on any atom is 0.407 e. The van der Waals surface area contributed by atoms with Gasteiger partial charge in [0.2, 0.25) is 11.8 Å². The SMILES string of the molecule is BSCCC(=O)N(C)CC(=O)O[C@H]1CC(=O)N(C)c2cc(cc(OC)c2Cl)C/C(C)=C/C=C/[C@@H](OC)C2C[C@H](OC(=O)N2)[C@@H](C)[C@@H]2O[C@@]12C. The Morgan fingerprint density at radius 1 is 1.27 bits per heavy atom. The fourth-order valence-corrected chi connectivity index (χ4v) is 7.10. The van der Waals surface area contributed by atoms with Crippen LogP contribution in [-0.2, 0) is 39.8 Å². The highest BCUT2D eigenvalue weighted by atomic mass is 35.5. The normalized spacial score (nSPS) is 30.5. The summed E-state index contributed by atoms with van der Waals surface area (Å²) in [5, 5.41) is 3.14. The minimum Gasteiger partial charge on any atom is -0.495 e.